The van der Waals surface area contributed by atoms with E-state index >= 15 is 0 Å². The van der Waals surface area contributed by atoms with Crippen molar-refractivity contribution in [2.75, 3.05) is 31.5 Å². The van der Waals surface area contributed by atoms with Gasteiger partial charge in [0, 0.05) is 37.6 Å². The summed E-state index contributed by atoms with van der Waals surface area (Å²) in [5.41, 5.74) is 2.59. The standard InChI is InChI=1S/C21H30N4O2S/c1-3-25(4-2)28(26,27)20-11-12-21(23-16-20)22-15-18-7-9-19(10-8-18)17-24-13-5-6-14-24/h7-12,16H,3-6,13-15,17H2,1-2H3,(H,22,23)/p+2. The Morgan fingerprint density at radius 1 is 1.00 bits per heavy atom. The molecule has 0 unspecified atom stereocenters. The Morgan fingerprint density at radius 3 is 2.21 bits per heavy atom. The lowest BCUT2D eigenvalue weighted by atomic mass is 10.1. The lowest BCUT2D eigenvalue weighted by Gasteiger charge is -2.17. The first-order valence-corrected chi connectivity index (χ1v) is 11.6. The van der Waals surface area contributed by atoms with Crippen LogP contribution in [-0.4, -0.2) is 38.9 Å². The van der Waals surface area contributed by atoms with E-state index in [1.165, 1.54) is 41.4 Å². The van der Waals surface area contributed by atoms with Gasteiger partial charge in [-0.05, 0) is 11.6 Å². The highest BCUT2D eigenvalue weighted by molar-refractivity contribution is 7.89. The van der Waals surface area contributed by atoms with Crippen molar-refractivity contribution in [1.82, 2.24) is 4.31 Å². The molecule has 0 bridgehead atoms. The van der Waals surface area contributed by atoms with E-state index < -0.39 is 10.0 Å². The monoisotopic (exact) mass is 404 g/mol. The van der Waals surface area contributed by atoms with Crippen LogP contribution in [0.25, 0.3) is 0 Å². The number of hydrogen-bond acceptors (Lipinski definition) is 3. The highest BCUT2D eigenvalue weighted by Crippen LogP contribution is 2.14. The van der Waals surface area contributed by atoms with Gasteiger partial charge in [0.25, 0.3) is 5.82 Å². The molecule has 0 saturated carbocycles. The van der Waals surface area contributed by atoms with Gasteiger partial charge < -0.3 is 4.90 Å². The first-order chi connectivity index (χ1) is 13.5. The van der Waals surface area contributed by atoms with E-state index in [4.69, 9.17) is 0 Å². The highest BCUT2D eigenvalue weighted by Gasteiger charge is 2.22. The summed E-state index contributed by atoms with van der Waals surface area (Å²) in [4.78, 5) is 5.02. The van der Waals surface area contributed by atoms with Gasteiger partial charge in [-0.15, -0.1) is 0 Å². The van der Waals surface area contributed by atoms with Crippen molar-refractivity contribution in [3.8, 4) is 0 Å². The molecule has 1 aliphatic heterocycles. The molecule has 28 heavy (non-hydrogen) atoms. The van der Waals surface area contributed by atoms with Gasteiger partial charge in [0.05, 0.1) is 13.1 Å². The van der Waals surface area contributed by atoms with Gasteiger partial charge in [0.1, 0.15) is 24.2 Å². The summed E-state index contributed by atoms with van der Waals surface area (Å²) in [5.74, 6) is 0.795. The fourth-order valence-electron chi connectivity index (χ4n) is 3.71. The molecule has 0 atom stereocenters. The largest absolute Gasteiger partial charge is 0.331 e. The van der Waals surface area contributed by atoms with Gasteiger partial charge in [-0.2, -0.15) is 4.31 Å². The Kier molecular flexibility index (Phi) is 7.04. The Labute approximate surface area is 168 Å². The van der Waals surface area contributed by atoms with Crippen molar-refractivity contribution >= 4 is 15.8 Å². The highest BCUT2D eigenvalue weighted by atomic mass is 32.2. The first kappa shape index (κ1) is 20.8. The average molecular weight is 405 g/mol. The van der Waals surface area contributed by atoms with E-state index in [1.807, 2.05) is 13.8 Å². The Balaban J connectivity index is 1.56. The number of pyridine rings is 1. The maximum absolute atomic E-state index is 12.5. The molecule has 3 N–H and O–H groups in total. The zero-order valence-electron chi connectivity index (χ0n) is 16.9. The van der Waals surface area contributed by atoms with E-state index in [-0.39, 0.29) is 4.90 Å². The van der Waals surface area contributed by atoms with Crippen LogP contribution in [0.1, 0.15) is 37.8 Å². The number of nitrogens with one attached hydrogen (secondary N) is 3. The third-order valence-electron chi connectivity index (χ3n) is 5.40. The SMILES string of the molecule is CCN(CC)S(=O)(=O)c1ccc(NCc2ccc(C[NH+]3CCCC3)cc2)[nH+]c1. The second-order valence-electron chi connectivity index (χ2n) is 7.33. The molecule has 1 aliphatic rings. The Bertz CT molecular complexity index is 841. The van der Waals surface area contributed by atoms with Gasteiger partial charge in [-0.3, -0.25) is 5.32 Å². The van der Waals surface area contributed by atoms with Crippen molar-refractivity contribution in [2.24, 2.45) is 0 Å². The maximum atomic E-state index is 12.5. The average Bonchev–Trinajstić information content (AvgIpc) is 3.21. The number of aromatic amines is 1. The van der Waals surface area contributed by atoms with Crippen molar-refractivity contribution in [1.29, 1.82) is 0 Å². The molecule has 0 aliphatic carbocycles. The van der Waals surface area contributed by atoms with Gasteiger partial charge in [0.15, 0.2) is 0 Å². The number of hydrogen-bond donors (Lipinski definition) is 2. The van der Waals surface area contributed by atoms with Crippen LogP contribution in [0.3, 0.4) is 0 Å². The number of rotatable bonds is 9. The fourth-order valence-corrected chi connectivity index (χ4v) is 5.13. The summed E-state index contributed by atoms with van der Waals surface area (Å²) in [7, 11) is -3.43. The zero-order chi connectivity index (χ0) is 20.0. The predicted octanol–water partition coefficient (Wildman–Crippen LogP) is 1.32. The quantitative estimate of drug-likeness (QED) is 0.662. The summed E-state index contributed by atoms with van der Waals surface area (Å²) in [6.07, 6.45) is 4.25. The predicted molar refractivity (Wildman–Crippen MR) is 111 cm³/mol. The van der Waals surface area contributed by atoms with Crippen LogP contribution in [0.4, 0.5) is 5.82 Å². The molecule has 0 spiro atoms. The second-order valence-corrected chi connectivity index (χ2v) is 9.27. The van der Waals surface area contributed by atoms with Crippen LogP contribution < -0.4 is 15.2 Å². The maximum Gasteiger partial charge on any atom is 0.272 e. The molecule has 2 heterocycles. The molecule has 152 valence electrons. The van der Waals surface area contributed by atoms with Crippen molar-refractivity contribution in [2.45, 2.75) is 44.7 Å². The lowest BCUT2D eigenvalue weighted by Crippen LogP contribution is -3.08. The molecule has 1 saturated heterocycles. The van der Waals surface area contributed by atoms with Crippen molar-refractivity contribution < 1.29 is 18.3 Å². The third kappa shape index (κ3) is 5.10. The molecule has 1 aromatic heterocycles. The second kappa shape index (κ2) is 9.49. The number of benzene rings is 1. The normalized spacial score (nSPS) is 15.2. The first-order valence-electron chi connectivity index (χ1n) is 10.2. The number of likely N-dealkylation sites (tertiary alicyclic amines) is 1. The third-order valence-corrected chi connectivity index (χ3v) is 7.44. The van der Waals surface area contributed by atoms with E-state index in [0.717, 1.165) is 12.4 Å². The molecule has 2 aromatic rings. The smallest absolute Gasteiger partial charge is 0.272 e. The van der Waals surface area contributed by atoms with Crippen molar-refractivity contribution in [3.63, 3.8) is 0 Å². The van der Waals surface area contributed by atoms with Crippen LogP contribution >= 0.6 is 0 Å². The van der Waals surface area contributed by atoms with Gasteiger partial charge in [-0.1, -0.05) is 38.1 Å². The van der Waals surface area contributed by atoms with Crippen LogP contribution in [0.5, 0.6) is 0 Å². The van der Waals surface area contributed by atoms with Crippen LogP contribution in [0.2, 0.25) is 0 Å². The number of nitrogens with zero attached hydrogens (tertiary/aromatic N) is 1. The molecule has 1 aromatic carbocycles. The van der Waals surface area contributed by atoms with Gasteiger partial charge >= 0.3 is 0 Å². The molecule has 6 nitrogen and oxygen atoms in total. The number of sulfonamides is 1. The minimum atomic E-state index is -3.43. The van der Waals surface area contributed by atoms with E-state index in [1.54, 1.807) is 23.2 Å². The summed E-state index contributed by atoms with van der Waals surface area (Å²) in [5, 5.41) is 3.32. The van der Waals surface area contributed by atoms with E-state index in [2.05, 4.69) is 34.6 Å². The Morgan fingerprint density at radius 2 is 1.64 bits per heavy atom. The molecule has 3 rings (SSSR count). The minimum absolute atomic E-state index is 0.288. The number of quaternary nitrogens is 1. The summed E-state index contributed by atoms with van der Waals surface area (Å²) in [6, 6.07) is 12.2. The lowest BCUT2D eigenvalue weighted by molar-refractivity contribution is -0.901. The Hall–Kier alpha value is -1.96. The minimum Gasteiger partial charge on any atom is -0.331 e. The molecular formula is C21H32N4O2S+2. The zero-order valence-corrected chi connectivity index (χ0v) is 17.7. The summed E-state index contributed by atoms with van der Waals surface area (Å²) >= 11 is 0. The van der Waals surface area contributed by atoms with Gasteiger partial charge in [-0.25, -0.2) is 13.4 Å². The molecule has 7 heteroatoms. The topological polar surface area (TPSA) is 68.0 Å². The molecule has 0 radical (unpaired) electrons. The number of anilines is 1. The van der Waals surface area contributed by atoms with Crippen LogP contribution in [0.15, 0.2) is 47.5 Å². The van der Waals surface area contributed by atoms with E-state index in [0.29, 0.717) is 19.6 Å². The summed E-state index contributed by atoms with van der Waals surface area (Å²) in [6.45, 7) is 9.01. The molecular weight excluding hydrogens is 372 g/mol. The van der Waals surface area contributed by atoms with Crippen molar-refractivity contribution in [3.05, 3.63) is 53.7 Å². The number of aromatic nitrogens is 1. The number of H-pyrrole nitrogens is 1. The molecule has 0 amide bonds. The van der Waals surface area contributed by atoms with Crippen LogP contribution in [-0.2, 0) is 23.1 Å². The van der Waals surface area contributed by atoms with E-state index in [9.17, 15) is 8.42 Å². The van der Waals surface area contributed by atoms with Crippen LogP contribution in [0, 0.1) is 0 Å². The fraction of sp³-hybridized carbons (Fsp3) is 0.476. The van der Waals surface area contributed by atoms with Gasteiger partial charge in [0.2, 0.25) is 10.0 Å². The molecule has 1 fully saturated rings. The summed E-state index contributed by atoms with van der Waals surface area (Å²) < 4.78 is 26.5.